The summed E-state index contributed by atoms with van der Waals surface area (Å²) in [6.45, 7) is 4.50. The Morgan fingerprint density at radius 2 is 1.95 bits per heavy atom. The molecule has 0 atom stereocenters. The van der Waals surface area contributed by atoms with Crippen molar-refractivity contribution in [3.8, 4) is 0 Å². The molecule has 1 fully saturated rings. The van der Waals surface area contributed by atoms with Gasteiger partial charge in [-0.25, -0.2) is 0 Å². The molecule has 1 aliphatic carbocycles. The van der Waals surface area contributed by atoms with Crippen LogP contribution in [0.2, 0.25) is 0 Å². The van der Waals surface area contributed by atoms with E-state index < -0.39 is 0 Å². The van der Waals surface area contributed by atoms with Crippen molar-refractivity contribution in [2.45, 2.75) is 45.9 Å². The highest BCUT2D eigenvalue weighted by molar-refractivity contribution is 5.95. The van der Waals surface area contributed by atoms with Crippen molar-refractivity contribution in [3.05, 3.63) is 58.4 Å². The zero-order chi connectivity index (χ0) is 15.7. The molecule has 116 valence electrons. The van der Waals surface area contributed by atoms with E-state index in [9.17, 15) is 9.90 Å². The summed E-state index contributed by atoms with van der Waals surface area (Å²) in [5.41, 5.74) is 4.76. The zero-order valence-corrected chi connectivity index (χ0v) is 13.1. The maximum Gasteiger partial charge on any atom is 0.253 e. The number of aliphatic hydroxyl groups is 1. The molecule has 0 bridgehead atoms. The molecule has 2 N–H and O–H groups in total. The third-order valence-electron chi connectivity index (χ3n) is 4.37. The Hall–Kier alpha value is -2.07. The number of rotatable bonds is 5. The number of aliphatic hydroxyl groups excluding tert-OH is 1. The number of amides is 1. The van der Waals surface area contributed by atoms with Crippen molar-refractivity contribution in [2.75, 3.05) is 0 Å². The molecule has 1 aromatic heterocycles. The second-order valence-electron chi connectivity index (χ2n) is 6.00. The topological polar surface area (TPSA) is 54.3 Å². The molecule has 0 radical (unpaired) electrons. The van der Waals surface area contributed by atoms with Crippen LogP contribution in [0.1, 0.15) is 51.8 Å². The van der Waals surface area contributed by atoms with Gasteiger partial charge in [0.05, 0.1) is 12.2 Å². The summed E-state index contributed by atoms with van der Waals surface area (Å²) in [4.78, 5) is 12.5. The number of aromatic nitrogens is 1. The smallest absolute Gasteiger partial charge is 0.253 e. The molecule has 1 aromatic carbocycles. The van der Waals surface area contributed by atoms with Crippen molar-refractivity contribution in [1.29, 1.82) is 0 Å². The quantitative estimate of drug-likeness (QED) is 0.892. The normalized spacial score (nSPS) is 14.1. The largest absolute Gasteiger partial charge is 0.392 e. The third kappa shape index (κ3) is 2.79. The van der Waals surface area contributed by atoms with Gasteiger partial charge in [-0.05, 0) is 43.9 Å². The summed E-state index contributed by atoms with van der Waals surface area (Å²) in [6.07, 6.45) is 2.42. The van der Waals surface area contributed by atoms with Crippen LogP contribution in [0.5, 0.6) is 0 Å². The van der Waals surface area contributed by atoms with E-state index in [4.69, 9.17) is 0 Å². The van der Waals surface area contributed by atoms with Crippen LogP contribution in [0.15, 0.2) is 30.3 Å². The van der Waals surface area contributed by atoms with Gasteiger partial charge in [-0.1, -0.05) is 24.3 Å². The Balaban J connectivity index is 1.74. The van der Waals surface area contributed by atoms with Crippen LogP contribution in [0.4, 0.5) is 0 Å². The van der Waals surface area contributed by atoms with Crippen LogP contribution in [-0.2, 0) is 13.2 Å². The van der Waals surface area contributed by atoms with Gasteiger partial charge < -0.3 is 15.0 Å². The second kappa shape index (κ2) is 5.97. The maximum absolute atomic E-state index is 12.5. The lowest BCUT2D eigenvalue weighted by molar-refractivity contribution is 0.0950. The fourth-order valence-corrected chi connectivity index (χ4v) is 3.06. The van der Waals surface area contributed by atoms with Gasteiger partial charge in [0.15, 0.2) is 0 Å². The summed E-state index contributed by atoms with van der Waals surface area (Å²) in [5.74, 6) is -0.0484. The molecular formula is C18H22N2O2. The minimum Gasteiger partial charge on any atom is -0.392 e. The van der Waals surface area contributed by atoms with Gasteiger partial charge in [0.1, 0.15) is 0 Å². The van der Waals surface area contributed by atoms with Crippen LogP contribution in [0, 0.1) is 13.8 Å². The number of nitrogens with one attached hydrogen (secondary N) is 1. The van der Waals surface area contributed by atoms with Crippen molar-refractivity contribution >= 4 is 5.91 Å². The second-order valence-corrected chi connectivity index (χ2v) is 6.00. The molecule has 0 aliphatic heterocycles. The average Bonchev–Trinajstić information content (AvgIpc) is 3.30. The first-order chi connectivity index (χ1) is 10.6. The van der Waals surface area contributed by atoms with Gasteiger partial charge in [-0.15, -0.1) is 0 Å². The highest BCUT2D eigenvalue weighted by Gasteiger charge is 2.28. The zero-order valence-electron chi connectivity index (χ0n) is 13.1. The molecule has 3 rings (SSSR count). The fraction of sp³-hybridized carbons (Fsp3) is 0.389. The Morgan fingerprint density at radius 3 is 2.59 bits per heavy atom. The summed E-state index contributed by atoms with van der Waals surface area (Å²) < 4.78 is 2.27. The van der Waals surface area contributed by atoms with E-state index in [0.29, 0.717) is 12.6 Å². The van der Waals surface area contributed by atoms with E-state index in [2.05, 4.69) is 16.8 Å². The van der Waals surface area contributed by atoms with Gasteiger partial charge >= 0.3 is 0 Å². The lowest BCUT2D eigenvalue weighted by atomic mass is 10.1. The lowest BCUT2D eigenvalue weighted by Gasteiger charge is -2.10. The standard InChI is InChI=1S/C18H22N2O2/c1-12-9-17(13(2)20(12)16-7-8-16)18(22)19-10-14-5-3-4-6-15(14)11-21/h3-6,9,16,21H,7-8,10-11H2,1-2H3,(H,19,22). The summed E-state index contributed by atoms with van der Waals surface area (Å²) in [5, 5.41) is 12.3. The van der Waals surface area contributed by atoms with Gasteiger partial charge in [0, 0.05) is 24.0 Å². The Labute approximate surface area is 130 Å². The number of carbonyl (C=O) groups is 1. The number of aryl methyl sites for hydroxylation is 1. The minimum absolute atomic E-state index is 0.0117. The van der Waals surface area contributed by atoms with E-state index >= 15 is 0 Å². The van der Waals surface area contributed by atoms with Gasteiger partial charge in [0.25, 0.3) is 5.91 Å². The van der Waals surface area contributed by atoms with Crippen molar-refractivity contribution in [2.24, 2.45) is 0 Å². The molecule has 0 spiro atoms. The molecule has 1 amide bonds. The molecule has 1 saturated carbocycles. The van der Waals surface area contributed by atoms with Crippen LogP contribution in [0.3, 0.4) is 0 Å². The summed E-state index contributed by atoms with van der Waals surface area (Å²) >= 11 is 0. The molecule has 4 heteroatoms. The van der Waals surface area contributed by atoms with Crippen LogP contribution in [-0.4, -0.2) is 15.6 Å². The van der Waals surface area contributed by atoms with E-state index in [1.54, 1.807) is 0 Å². The number of hydrogen-bond donors (Lipinski definition) is 2. The number of carbonyl (C=O) groups excluding carboxylic acids is 1. The molecule has 0 unspecified atom stereocenters. The molecule has 4 nitrogen and oxygen atoms in total. The van der Waals surface area contributed by atoms with Crippen LogP contribution in [0.25, 0.3) is 0 Å². The SMILES string of the molecule is Cc1cc(C(=O)NCc2ccccc2CO)c(C)n1C1CC1. The predicted molar refractivity (Wildman–Crippen MR) is 85.7 cm³/mol. The molecule has 22 heavy (non-hydrogen) atoms. The third-order valence-corrected chi connectivity index (χ3v) is 4.37. The van der Waals surface area contributed by atoms with Gasteiger partial charge in [-0.2, -0.15) is 0 Å². The fourth-order valence-electron chi connectivity index (χ4n) is 3.06. The molecule has 0 saturated heterocycles. The van der Waals surface area contributed by atoms with Crippen molar-refractivity contribution in [1.82, 2.24) is 9.88 Å². The average molecular weight is 298 g/mol. The van der Waals surface area contributed by atoms with E-state index in [-0.39, 0.29) is 12.5 Å². The van der Waals surface area contributed by atoms with Crippen LogP contribution < -0.4 is 5.32 Å². The highest BCUT2D eigenvalue weighted by atomic mass is 16.3. The lowest BCUT2D eigenvalue weighted by Crippen LogP contribution is -2.24. The van der Waals surface area contributed by atoms with E-state index in [0.717, 1.165) is 28.1 Å². The van der Waals surface area contributed by atoms with E-state index in [1.165, 1.54) is 12.8 Å². The number of benzene rings is 1. The number of hydrogen-bond acceptors (Lipinski definition) is 2. The molecular weight excluding hydrogens is 276 g/mol. The first-order valence-electron chi connectivity index (χ1n) is 7.76. The Bertz CT molecular complexity index is 699. The number of nitrogens with zero attached hydrogens (tertiary/aromatic N) is 1. The first kappa shape index (κ1) is 14.9. The molecule has 1 aliphatic rings. The van der Waals surface area contributed by atoms with Crippen LogP contribution >= 0.6 is 0 Å². The predicted octanol–water partition coefficient (Wildman–Crippen LogP) is 2.86. The molecule has 2 aromatic rings. The van der Waals surface area contributed by atoms with Gasteiger partial charge in [0.2, 0.25) is 0 Å². The summed E-state index contributed by atoms with van der Waals surface area (Å²) in [6, 6.07) is 10.2. The van der Waals surface area contributed by atoms with Crippen molar-refractivity contribution in [3.63, 3.8) is 0 Å². The van der Waals surface area contributed by atoms with Crippen molar-refractivity contribution < 1.29 is 9.90 Å². The monoisotopic (exact) mass is 298 g/mol. The highest BCUT2D eigenvalue weighted by Crippen LogP contribution is 2.38. The van der Waals surface area contributed by atoms with Gasteiger partial charge in [-0.3, -0.25) is 4.79 Å². The van der Waals surface area contributed by atoms with E-state index in [1.807, 2.05) is 37.3 Å². The minimum atomic E-state index is -0.0484. The first-order valence-corrected chi connectivity index (χ1v) is 7.76. The maximum atomic E-state index is 12.5. The summed E-state index contributed by atoms with van der Waals surface area (Å²) in [7, 11) is 0. The Morgan fingerprint density at radius 1 is 1.27 bits per heavy atom. The Kier molecular flexibility index (Phi) is 4.03. The molecule has 1 heterocycles.